The van der Waals surface area contributed by atoms with Crippen molar-refractivity contribution in [3.05, 3.63) is 47.1 Å². The molecule has 6 heteroatoms. The van der Waals surface area contributed by atoms with Crippen LogP contribution in [-0.2, 0) is 0 Å². The second kappa shape index (κ2) is 4.93. The van der Waals surface area contributed by atoms with E-state index in [2.05, 4.69) is 10.3 Å². The molecule has 0 spiro atoms. The zero-order valence-electron chi connectivity index (χ0n) is 9.22. The van der Waals surface area contributed by atoms with E-state index in [0.717, 1.165) is 5.69 Å². The molecule has 4 N–H and O–H groups in total. The quantitative estimate of drug-likeness (QED) is 0.792. The van der Waals surface area contributed by atoms with Gasteiger partial charge in [-0.3, -0.25) is 0 Å². The number of nitrogens with one attached hydrogen (secondary N) is 1. The van der Waals surface area contributed by atoms with E-state index in [1.165, 1.54) is 12.3 Å². The number of carbonyl (C=O) groups is 1. The molecule has 0 radical (unpaired) electrons. The largest absolute Gasteiger partial charge is 0.478 e. The van der Waals surface area contributed by atoms with Crippen molar-refractivity contribution in [1.29, 1.82) is 0 Å². The van der Waals surface area contributed by atoms with Crippen molar-refractivity contribution < 1.29 is 9.90 Å². The third kappa shape index (κ3) is 2.70. The highest BCUT2D eigenvalue weighted by Crippen LogP contribution is 2.21. The minimum absolute atomic E-state index is 0.00882. The maximum Gasteiger partial charge on any atom is 0.337 e. The third-order valence-corrected chi connectivity index (χ3v) is 2.50. The predicted octanol–water partition coefficient (Wildman–Crippen LogP) is 2.76. The molecule has 2 aromatic rings. The molecule has 18 heavy (non-hydrogen) atoms. The molecule has 0 aliphatic heterocycles. The summed E-state index contributed by atoms with van der Waals surface area (Å²) in [4.78, 5) is 14.9. The molecule has 1 aromatic carbocycles. The summed E-state index contributed by atoms with van der Waals surface area (Å²) in [6.07, 6.45) is 1.30. The molecule has 0 bridgehead atoms. The van der Waals surface area contributed by atoms with Crippen LogP contribution in [0.25, 0.3) is 0 Å². The molecule has 0 saturated carbocycles. The number of hydrogen-bond acceptors (Lipinski definition) is 4. The number of rotatable bonds is 3. The molecule has 0 saturated heterocycles. The van der Waals surface area contributed by atoms with E-state index in [9.17, 15) is 4.79 Å². The van der Waals surface area contributed by atoms with Gasteiger partial charge in [-0.25, -0.2) is 9.78 Å². The van der Waals surface area contributed by atoms with Gasteiger partial charge >= 0.3 is 5.97 Å². The number of carboxylic acid groups (broad SMARTS) is 1. The van der Waals surface area contributed by atoms with Crippen molar-refractivity contribution in [2.45, 2.75) is 0 Å². The average Bonchev–Trinajstić information content (AvgIpc) is 2.31. The average molecular weight is 264 g/mol. The number of nitrogens with zero attached hydrogens (tertiary/aromatic N) is 1. The topological polar surface area (TPSA) is 88.2 Å². The number of nitrogens with two attached hydrogens (primary N) is 1. The summed E-state index contributed by atoms with van der Waals surface area (Å²) in [6.45, 7) is 0. The number of aromatic nitrogens is 1. The molecular formula is C12H10ClN3O2. The van der Waals surface area contributed by atoms with Crippen LogP contribution >= 0.6 is 11.6 Å². The van der Waals surface area contributed by atoms with Gasteiger partial charge in [-0.2, -0.15) is 0 Å². The Labute approximate surface area is 108 Å². The van der Waals surface area contributed by atoms with Crippen LogP contribution in [0.3, 0.4) is 0 Å². The minimum atomic E-state index is -1.09. The van der Waals surface area contributed by atoms with E-state index < -0.39 is 5.97 Å². The molecule has 0 unspecified atom stereocenters. The van der Waals surface area contributed by atoms with Gasteiger partial charge in [-0.15, -0.1) is 0 Å². The summed E-state index contributed by atoms with van der Waals surface area (Å²) in [5.74, 6) is -0.701. The van der Waals surface area contributed by atoms with E-state index in [4.69, 9.17) is 22.4 Å². The van der Waals surface area contributed by atoms with Gasteiger partial charge in [0.1, 0.15) is 5.82 Å². The monoisotopic (exact) mass is 263 g/mol. The van der Waals surface area contributed by atoms with Crippen LogP contribution in [-0.4, -0.2) is 16.1 Å². The number of anilines is 3. The number of nitrogen functional groups attached to an aromatic ring is 1. The zero-order chi connectivity index (χ0) is 13.1. The first kappa shape index (κ1) is 12.2. The van der Waals surface area contributed by atoms with Gasteiger partial charge in [0.15, 0.2) is 0 Å². The number of benzene rings is 1. The first-order valence-electron chi connectivity index (χ1n) is 5.07. The molecular weight excluding hydrogens is 254 g/mol. The molecule has 0 fully saturated rings. The van der Waals surface area contributed by atoms with Crippen molar-refractivity contribution in [1.82, 2.24) is 4.98 Å². The Hall–Kier alpha value is -2.27. The summed E-state index contributed by atoms with van der Waals surface area (Å²) in [5, 5.41) is 12.5. The Bertz CT molecular complexity index is 602. The summed E-state index contributed by atoms with van der Waals surface area (Å²) in [5.41, 5.74) is 6.37. The summed E-state index contributed by atoms with van der Waals surface area (Å²) in [6, 6.07) is 8.40. The molecule has 1 aromatic heterocycles. The highest BCUT2D eigenvalue weighted by Gasteiger charge is 2.09. The van der Waals surface area contributed by atoms with Crippen molar-refractivity contribution >= 4 is 34.8 Å². The zero-order valence-corrected chi connectivity index (χ0v) is 9.98. The van der Waals surface area contributed by atoms with Gasteiger partial charge in [-0.1, -0.05) is 17.7 Å². The molecule has 0 aliphatic rings. The molecule has 1 heterocycles. The smallest absolute Gasteiger partial charge is 0.337 e. The lowest BCUT2D eigenvalue weighted by Crippen LogP contribution is -2.05. The van der Waals surface area contributed by atoms with Gasteiger partial charge in [0, 0.05) is 10.7 Å². The van der Waals surface area contributed by atoms with E-state index in [1.54, 1.807) is 24.3 Å². The Morgan fingerprint density at radius 1 is 1.39 bits per heavy atom. The van der Waals surface area contributed by atoms with E-state index in [1.807, 2.05) is 0 Å². The van der Waals surface area contributed by atoms with Crippen LogP contribution in [0.4, 0.5) is 17.2 Å². The Balaban J connectivity index is 2.30. The maximum atomic E-state index is 10.9. The first-order chi connectivity index (χ1) is 8.56. The van der Waals surface area contributed by atoms with Crippen LogP contribution in [0.1, 0.15) is 10.4 Å². The number of aromatic carboxylic acids is 1. The van der Waals surface area contributed by atoms with Crippen molar-refractivity contribution in [2.24, 2.45) is 0 Å². The van der Waals surface area contributed by atoms with Crippen molar-refractivity contribution in [3.8, 4) is 0 Å². The number of pyridine rings is 1. The van der Waals surface area contributed by atoms with Crippen molar-refractivity contribution in [2.75, 3.05) is 11.1 Å². The summed E-state index contributed by atoms with van der Waals surface area (Å²) >= 11 is 5.84. The lowest BCUT2D eigenvalue weighted by Gasteiger charge is -2.07. The van der Waals surface area contributed by atoms with Crippen molar-refractivity contribution in [3.63, 3.8) is 0 Å². The fourth-order valence-electron chi connectivity index (χ4n) is 1.43. The molecule has 2 rings (SSSR count). The van der Waals surface area contributed by atoms with E-state index >= 15 is 0 Å². The standard InChI is InChI=1S/C12H10ClN3O2/c13-7-2-1-3-8(4-7)16-11-5-9(12(17)18)10(14)6-15-11/h1-6H,14H2,(H,15,16)(H,17,18). The highest BCUT2D eigenvalue weighted by atomic mass is 35.5. The normalized spacial score (nSPS) is 10.1. The minimum Gasteiger partial charge on any atom is -0.478 e. The number of halogens is 1. The van der Waals surface area contributed by atoms with Gasteiger partial charge in [0.2, 0.25) is 0 Å². The second-order valence-corrected chi connectivity index (χ2v) is 4.03. The molecule has 0 amide bonds. The van der Waals surface area contributed by atoms with Crippen LogP contribution in [0, 0.1) is 0 Å². The molecule has 0 atom stereocenters. The predicted molar refractivity (Wildman–Crippen MR) is 70.3 cm³/mol. The highest BCUT2D eigenvalue weighted by molar-refractivity contribution is 6.30. The lowest BCUT2D eigenvalue weighted by atomic mass is 10.2. The van der Waals surface area contributed by atoms with Crippen LogP contribution < -0.4 is 11.1 Å². The Kier molecular flexibility index (Phi) is 3.34. The van der Waals surface area contributed by atoms with Gasteiger partial charge in [0.25, 0.3) is 0 Å². The molecule has 0 aliphatic carbocycles. The maximum absolute atomic E-state index is 10.9. The fourth-order valence-corrected chi connectivity index (χ4v) is 1.62. The lowest BCUT2D eigenvalue weighted by molar-refractivity contribution is 0.0698. The molecule has 92 valence electrons. The van der Waals surface area contributed by atoms with Gasteiger partial charge in [-0.05, 0) is 24.3 Å². The summed E-state index contributed by atoms with van der Waals surface area (Å²) in [7, 11) is 0. The number of carboxylic acids is 1. The fraction of sp³-hybridized carbons (Fsp3) is 0. The SMILES string of the molecule is Nc1cnc(Nc2cccc(Cl)c2)cc1C(=O)O. The van der Waals surface area contributed by atoms with Gasteiger partial charge in [0.05, 0.1) is 17.4 Å². The third-order valence-electron chi connectivity index (χ3n) is 2.26. The Morgan fingerprint density at radius 2 is 2.17 bits per heavy atom. The van der Waals surface area contributed by atoms with Crippen LogP contribution in [0.15, 0.2) is 36.5 Å². The second-order valence-electron chi connectivity index (χ2n) is 3.60. The van der Waals surface area contributed by atoms with E-state index in [-0.39, 0.29) is 11.3 Å². The number of hydrogen-bond donors (Lipinski definition) is 3. The first-order valence-corrected chi connectivity index (χ1v) is 5.45. The van der Waals surface area contributed by atoms with E-state index in [0.29, 0.717) is 10.8 Å². The Morgan fingerprint density at radius 3 is 2.83 bits per heavy atom. The van der Waals surface area contributed by atoms with Crippen LogP contribution in [0.5, 0.6) is 0 Å². The molecule has 5 nitrogen and oxygen atoms in total. The summed E-state index contributed by atoms with van der Waals surface area (Å²) < 4.78 is 0. The van der Waals surface area contributed by atoms with Crippen LogP contribution in [0.2, 0.25) is 5.02 Å². The van der Waals surface area contributed by atoms with Gasteiger partial charge < -0.3 is 16.2 Å².